The average Bonchev–Trinajstić information content (AvgIpc) is 3.21. The summed E-state index contributed by atoms with van der Waals surface area (Å²) >= 11 is 0. The van der Waals surface area contributed by atoms with E-state index in [4.69, 9.17) is 0 Å². The number of nitrogens with zero attached hydrogens (tertiary/aromatic N) is 3. The molecule has 2 aromatic rings. The molecule has 1 fully saturated rings. The van der Waals surface area contributed by atoms with E-state index in [1.54, 1.807) is 0 Å². The van der Waals surface area contributed by atoms with Gasteiger partial charge in [-0.25, -0.2) is 18.1 Å². The molecular formula is C16H17F3N4O3S. The molecule has 0 radical (unpaired) electrons. The number of halogens is 3. The van der Waals surface area contributed by atoms with Crippen molar-refractivity contribution in [2.24, 2.45) is 0 Å². The van der Waals surface area contributed by atoms with E-state index >= 15 is 0 Å². The van der Waals surface area contributed by atoms with Crippen LogP contribution in [0.1, 0.15) is 41.7 Å². The maximum absolute atomic E-state index is 13.3. The van der Waals surface area contributed by atoms with Crippen molar-refractivity contribution in [3.63, 3.8) is 0 Å². The third kappa shape index (κ3) is 3.97. The van der Waals surface area contributed by atoms with E-state index in [0.717, 1.165) is 42.8 Å². The average molecular weight is 402 g/mol. The van der Waals surface area contributed by atoms with Gasteiger partial charge in [0, 0.05) is 12.3 Å². The monoisotopic (exact) mass is 402 g/mol. The Morgan fingerprint density at radius 3 is 2.41 bits per heavy atom. The van der Waals surface area contributed by atoms with Gasteiger partial charge in [0.1, 0.15) is 5.82 Å². The van der Waals surface area contributed by atoms with Gasteiger partial charge in [0.05, 0.1) is 17.4 Å². The van der Waals surface area contributed by atoms with Gasteiger partial charge in [-0.1, -0.05) is 12.8 Å². The Kier molecular flexibility index (Phi) is 4.98. The lowest BCUT2D eigenvalue weighted by atomic mass is 10.2. The van der Waals surface area contributed by atoms with Crippen molar-refractivity contribution >= 4 is 21.9 Å². The third-order valence-electron chi connectivity index (χ3n) is 4.35. The normalized spacial score (nSPS) is 15.9. The van der Waals surface area contributed by atoms with Crippen LogP contribution >= 0.6 is 0 Å². The highest BCUT2D eigenvalue weighted by molar-refractivity contribution is 7.90. The molecule has 11 heteroatoms. The first-order valence-electron chi connectivity index (χ1n) is 8.19. The second kappa shape index (κ2) is 6.95. The maximum atomic E-state index is 13.3. The van der Waals surface area contributed by atoms with Crippen molar-refractivity contribution in [1.82, 2.24) is 14.8 Å². The molecule has 1 saturated carbocycles. The summed E-state index contributed by atoms with van der Waals surface area (Å²) < 4.78 is 64.0. The molecule has 146 valence electrons. The highest BCUT2D eigenvalue weighted by Crippen LogP contribution is 2.36. The Hall–Kier alpha value is -2.43. The van der Waals surface area contributed by atoms with Gasteiger partial charge in [0.25, 0.3) is 0 Å². The molecule has 7 nitrogen and oxygen atoms in total. The van der Waals surface area contributed by atoms with Crippen LogP contribution in [0.15, 0.2) is 23.4 Å². The molecule has 0 saturated heterocycles. The van der Waals surface area contributed by atoms with Crippen molar-refractivity contribution in [1.29, 1.82) is 0 Å². The first-order chi connectivity index (χ1) is 12.6. The quantitative estimate of drug-likeness (QED) is 0.773. The molecule has 1 aliphatic carbocycles. The zero-order valence-corrected chi connectivity index (χ0v) is 15.1. The SMILES string of the molecule is CS(=O)(=O)c1ccc(-n2nc(C(F)(F)F)c(C=O)c2NC2CCCC2)cn1. The first kappa shape index (κ1) is 19.3. The maximum Gasteiger partial charge on any atom is 0.435 e. The van der Waals surface area contributed by atoms with Crippen LogP contribution in [0.3, 0.4) is 0 Å². The van der Waals surface area contributed by atoms with Gasteiger partial charge in [-0.2, -0.15) is 18.3 Å². The lowest BCUT2D eigenvalue weighted by molar-refractivity contribution is -0.141. The van der Waals surface area contributed by atoms with Gasteiger partial charge in [-0.15, -0.1) is 0 Å². The van der Waals surface area contributed by atoms with Crippen molar-refractivity contribution in [2.75, 3.05) is 11.6 Å². The summed E-state index contributed by atoms with van der Waals surface area (Å²) in [5, 5.41) is 6.34. The minimum Gasteiger partial charge on any atom is -0.367 e. The number of rotatable bonds is 5. The molecule has 0 atom stereocenters. The van der Waals surface area contributed by atoms with Crippen LogP contribution in [0.5, 0.6) is 0 Å². The Labute approximate surface area is 153 Å². The minimum absolute atomic E-state index is 0.0662. The third-order valence-corrected chi connectivity index (χ3v) is 5.35. The second-order valence-electron chi connectivity index (χ2n) is 6.39. The molecule has 2 heterocycles. The summed E-state index contributed by atoms with van der Waals surface area (Å²) in [6.07, 6.45) is 0.833. The number of pyridine rings is 1. The standard InChI is InChI=1S/C16H17F3N4O3S/c1-27(25,26)13-7-6-11(8-20-13)23-15(21-10-4-2-3-5-10)12(9-24)14(22-23)16(17,18)19/h6-10,21H,2-5H2,1H3. The van der Waals surface area contributed by atoms with Gasteiger partial charge in [-0.3, -0.25) is 4.79 Å². The zero-order chi connectivity index (χ0) is 19.8. The summed E-state index contributed by atoms with van der Waals surface area (Å²) in [6, 6.07) is 2.41. The van der Waals surface area contributed by atoms with Gasteiger partial charge >= 0.3 is 6.18 Å². The van der Waals surface area contributed by atoms with E-state index in [-0.39, 0.29) is 28.9 Å². The number of nitrogens with one attached hydrogen (secondary N) is 1. The van der Waals surface area contributed by atoms with Crippen molar-refractivity contribution in [3.05, 3.63) is 29.6 Å². The summed E-state index contributed by atoms with van der Waals surface area (Å²) in [5.41, 5.74) is -1.77. The van der Waals surface area contributed by atoms with Crippen LogP contribution in [0, 0.1) is 0 Å². The first-order valence-corrected chi connectivity index (χ1v) is 10.1. The fraction of sp³-hybridized carbons (Fsp3) is 0.438. The number of aldehydes is 1. The summed E-state index contributed by atoms with van der Waals surface area (Å²) in [6.45, 7) is 0. The highest BCUT2D eigenvalue weighted by atomic mass is 32.2. The summed E-state index contributed by atoms with van der Waals surface area (Å²) in [5.74, 6) is -0.0712. The predicted molar refractivity (Wildman–Crippen MR) is 90.7 cm³/mol. The molecule has 0 aliphatic heterocycles. The smallest absolute Gasteiger partial charge is 0.367 e. The number of carbonyl (C=O) groups is 1. The fourth-order valence-corrected chi connectivity index (χ4v) is 3.62. The van der Waals surface area contributed by atoms with E-state index in [0.29, 0.717) is 0 Å². The van der Waals surface area contributed by atoms with Crippen LogP contribution in [0.4, 0.5) is 19.0 Å². The fourth-order valence-electron chi connectivity index (χ4n) is 3.06. The molecule has 1 aliphatic rings. The zero-order valence-electron chi connectivity index (χ0n) is 14.3. The van der Waals surface area contributed by atoms with Crippen LogP contribution in [0.25, 0.3) is 5.69 Å². The van der Waals surface area contributed by atoms with Gasteiger partial charge in [0.2, 0.25) is 0 Å². The molecule has 0 aromatic carbocycles. The van der Waals surface area contributed by atoms with Crippen molar-refractivity contribution in [3.8, 4) is 5.69 Å². The molecule has 0 unspecified atom stereocenters. The van der Waals surface area contributed by atoms with Gasteiger partial charge in [-0.05, 0) is 25.0 Å². The largest absolute Gasteiger partial charge is 0.435 e. The van der Waals surface area contributed by atoms with Crippen LogP contribution in [-0.4, -0.2) is 41.8 Å². The Balaban J connectivity index is 2.12. The summed E-state index contributed by atoms with van der Waals surface area (Å²) in [7, 11) is -3.55. The number of alkyl halides is 3. The van der Waals surface area contributed by atoms with E-state index in [1.165, 1.54) is 12.1 Å². The lowest BCUT2D eigenvalue weighted by Crippen LogP contribution is -2.18. The Bertz CT molecular complexity index is 947. The topological polar surface area (TPSA) is 94.0 Å². The van der Waals surface area contributed by atoms with E-state index in [9.17, 15) is 26.4 Å². The highest BCUT2D eigenvalue weighted by Gasteiger charge is 2.40. The Morgan fingerprint density at radius 2 is 1.93 bits per heavy atom. The van der Waals surface area contributed by atoms with Gasteiger partial charge < -0.3 is 5.32 Å². The van der Waals surface area contributed by atoms with E-state index in [1.807, 2.05) is 0 Å². The summed E-state index contributed by atoms with van der Waals surface area (Å²) in [4.78, 5) is 15.2. The van der Waals surface area contributed by atoms with Crippen molar-refractivity contribution < 1.29 is 26.4 Å². The minimum atomic E-state index is -4.81. The predicted octanol–water partition coefficient (Wildman–Crippen LogP) is 2.86. The number of hydrogen-bond acceptors (Lipinski definition) is 6. The molecule has 0 bridgehead atoms. The lowest BCUT2D eigenvalue weighted by Gasteiger charge is -2.16. The molecule has 0 amide bonds. The molecule has 27 heavy (non-hydrogen) atoms. The number of anilines is 1. The van der Waals surface area contributed by atoms with E-state index in [2.05, 4.69) is 15.4 Å². The second-order valence-corrected chi connectivity index (χ2v) is 8.35. The molecule has 0 spiro atoms. The number of aromatic nitrogens is 3. The molecular weight excluding hydrogens is 385 g/mol. The number of sulfone groups is 1. The molecule has 1 N–H and O–H groups in total. The van der Waals surface area contributed by atoms with Crippen molar-refractivity contribution in [2.45, 2.75) is 42.9 Å². The van der Waals surface area contributed by atoms with Crippen LogP contribution < -0.4 is 5.32 Å². The number of hydrogen-bond donors (Lipinski definition) is 1. The number of carbonyl (C=O) groups excluding carboxylic acids is 1. The molecule has 3 rings (SSSR count). The molecule has 2 aromatic heterocycles. The van der Waals surface area contributed by atoms with Crippen LogP contribution in [-0.2, 0) is 16.0 Å². The van der Waals surface area contributed by atoms with E-state index < -0.39 is 27.3 Å². The Morgan fingerprint density at radius 1 is 1.26 bits per heavy atom. The van der Waals surface area contributed by atoms with Crippen LogP contribution in [0.2, 0.25) is 0 Å². The van der Waals surface area contributed by atoms with Gasteiger partial charge in [0.15, 0.2) is 26.8 Å².